The topological polar surface area (TPSA) is 25.8 Å². The lowest BCUT2D eigenvalue weighted by Crippen LogP contribution is -1.97. The minimum Gasteiger partial charge on any atom is -0.228 e. The Balaban J connectivity index is 1.26. The van der Waals surface area contributed by atoms with Crippen molar-refractivity contribution in [2.24, 2.45) is 0 Å². The van der Waals surface area contributed by atoms with Crippen LogP contribution in [0.15, 0.2) is 152 Å². The molecule has 0 radical (unpaired) electrons. The van der Waals surface area contributed by atoms with Crippen molar-refractivity contribution in [2.75, 3.05) is 0 Å². The zero-order valence-electron chi connectivity index (χ0n) is 28.5. The maximum atomic E-state index is 5.16. The van der Waals surface area contributed by atoms with Crippen molar-refractivity contribution in [3.63, 3.8) is 0 Å². The highest BCUT2D eigenvalue weighted by molar-refractivity contribution is 6.03. The van der Waals surface area contributed by atoms with E-state index >= 15 is 0 Å². The molecule has 0 fully saturated rings. The average Bonchev–Trinajstić information content (AvgIpc) is 3.45. The minimum atomic E-state index is 0.716. The van der Waals surface area contributed by atoms with Gasteiger partial charge in [0.2, 0.25) is 0 Å². The van der Waals surface area contributed by atoms with Crippen molar-refractivity contribution in [3.05, 3.63) is 174 Å². The second-order valence-corrected chi connectivity index (χ2v) is 12.8. The van der Waals surface area contributed by atoms with E-state index in [1.807, 2.05) is 24.3 Å². The maximum Gasteiger partial charge on any atom is 0.160 e. The molecule has 7 aromatic rings. The number of allylic oxidation sites excluding steroid dienone is 3. The molecule has 6 aromatic carbocycles. The van der Waals surface area contributed by atoms with Crippen molar-refractivity contribution >= 4 is 29.0 Å². The van der Waals surface area contributed by atoms with E-state index in [4.69, 9.17) is 9.97 Å². The number of benzene rings is 6. The summed E-state index contributed by atoms with van der Waals surface area (Å²) in [7, 11) is 0. The zero-order valence-corrected chi connectivity index (χ0v) is 28.5. The van der Waals surface area contributed by atoms with Gasteiger partial charge in [0.15, 0.2) is 5.82 Å². The Hall–Kier alpha value is -6.12. The fourth-order valence-electron chi connectivity index (χ4n) is 7.05. The summed E-state index contributed by atoms with van der Waals surface area (Å²) in [4.78, 5) is 10.2. The Morgan fingerprint density at radius 3 is 1.96 bits per heavy atom. The summed E-state index contributed by atoms with van der Waals surface area (Å²) in [6.07, 6.45) is 15.7. The first-order chi connectivity index (χ1) is 24.7. The predicted octanol–water partition coefficient (Wildman–Crippen LogP) is 13.1. The lowest BCUT2D eigenvalue weighted by Gasteiger charge is -2.17. The summed E-state index contributed by atoms with van der Waals surface area (Å²) in [6, 6.07) is 47.2. The minimum absolute atomic E-state index is 0.716. The largest absolute Gasteiger partial charge is 0.228 e. The number of nitrogens with zero attached hydrogens (tertiary/aromatic N) is 2. The third-order valence-corrected chi connectivity index (χ3v) is 9.60. The molecule has 2 nitrogen and oxygen atoms in total. The summed E-state index contributed by atoms with van der Waals surface area (Å²) in [5.74, 6) is 0.716. The highest BCUT2D eigenvalue weighted by Gasteiger charge is 2.17. The number of rotatable bonds is 7. The number of fused-ring (bicyclic) bond motifs is 3. The van der Waals surface area contributed by atoms with E-state index in [1.165, 1.54) is 44.2 Å². The predicted molar refractivity (Wildman–Crippen MR) is 213 cm³/mol. The Morgan fingerprint density at radius 2 is 1.18 bits per heavy atom. The summed E-state index contributed by atoms with van der Waals surface area (Å²) in [5.41, 5.74) is 14.9. The van der Waals surface area contributed by atoms with E-state index in [-0.39, 0.29) is 0 Å². The molecule has 0 unspecified atom stereocenters. The molecule has 1 heterocycles. The first-order valence-electron chi connectivity index (χ1n) is 17.5. The van der Waals surface area contributed by atoms with Crippen molar-refractivity contribution in [1.82, 2.24) is 9.97 Å². The van der Waals surface area contributed by atoms with Gasteiger partial charge < -0.3 is 0 Å². The fraction of sp³-hybridized carbons (Fsp3) is 0.0833. The van der Waals surface area contributed by atoms with Crippen molar-refractivity contribution in [1.29, 1.82) is 0 Å². The molecule has 1 aromatic heterocycles. The standard InChI is InChI=1S/C48H38N2/c1-3-4-23-40-33(2)39-24-12-7-13-26-42(39)43-29-28-37(31-45(40)43)36-21-16-22-38(30-36)41-25-14-15-27-44(41)47-32-46(34-17-8-5-9-18-34)49-48(50-47)35-19-10-6-11-20-35/h4-6,8-32H,3,7H2,1-2H3/b23-4-. The van der Waals surface area contributed by atoms with E-state index in [9.17, 15) is 0 Å². The van der Waals surface area contributed by atoms with E-state index in [1.54, 1.807) is 0 Å². The van der Waals surface area contributed by atoms with Gasteiger partial charge in [0, 0.05) is 16.7 Å². The van der Waals surface area contributed by atoms with E-state index in [0.717, 1.165) is 52.0 Å². The molecule has 0 saturated heterocycles. The first kappa shape index (κ1) is 31.2. The van der Waals surface area contributed by atoms with Crippen LogP contribution in [0.4, 0.5) is 0 Å². The first-order valence-corrected chi connectivity index (χ1v) is 17.5. The quantitative estimate of drug-likeness (QED) is 0.173. The summed E-state index contributed by atoms with van der Waals surface area (Å²) in [5, 5.41) is 2.58. The Morgan fingerprint density at radius 1 is 0.540 bits per heavy atom. The van der Waals surface area contributed by atoms with Crippen molar-refractivity contribution in [2.45, 2.75) is 26.7 Å². The van der Waals surface area contributed by atoms with Crippen LogP contribution in [0.2, 0.25) is 0 Å². The molecular formula is C48H38N2. The van der Waals surface area contributed by atoms with E-state index < -0.39 is 0 Å². The molecule has 0 amide bonds. The van der Waals surface area contributed by atoms with Gasteiger partial charge in [-0.25, -0.2) is 9.97 Å². The van der Waals surface area contributed by atoms with Crippen molar-refractivity contribution in [3.8, 4) is 56.2 Å². The Labute approximate surface area is 294 Å². The summed E-state index contributed by atoms with van der Waals surface area (Å²) in [6.45, 7) is 4.46. The average molecular weight is 643 g/mol. The van der Waals surface area contributed by atoms with Crippen LogP contribution in [0.25, 0.3) is 85.2 Å². The van der Waals surface area contributed by atoms with Crippen LogP contribution in [0, 0.1) is 6.92 Å². The fourth-order valence-corrected chi connectivity index (χ4v) is 7.05. The summed E-state index contributed by atoms with van der Waals surface area (Å²) >= 11 is 0. The molecule has 2 heteroatoms. The second-order valence-electron chi connectivity index (χ2n) is 12.8. The molecule has 0 saturated carbocycles. The van der Waals surface area contributed by atoms with Gasteiger partial charge in [0.25, 0.3) is 0 Å². The molecule has 0 spiro atoms. The van der Waals surface area contributed by atoms with Crippen LogP contribution in [0.3, 0.4) is 0 Å². The molecule has 1 aliphatic carbocycles. The molecular weight excluding hydrogens is 605 g/mol. The van der Waals surface area contributed by atoms with Gasteiger partial charge in [-0.2, -0.15) is 0 Å². The molecule has 50 heavy (non-hydrogen) atoms. The monoisotopic (exact) mass is 642 g/mol. The van der Waals surface area contributed by atoms with Crippen LogP contribution >= 0.6 is 0 Å². The van der Waals surface area contributed by atoms with Gasteiger partial charge in [0.05, 0.1) is 11.4 Å². The van der Waals surface area contributed by atoms with Gasteiger partial charge in [-0.05, 0) is 93.2 Å². The third kappa shape index (κ3) is 6.01. The highest BCUT2D eigenvalue weighted by Crippen LogP contribution is 2.39. The van der Waals surface area contributed by atoms with Crippen molar-refractivity contribution < 1.29 is 0 Å². The lowest BCUT2D eigenvalue weighted by atomic mass is 9.87. The number of hydrogen-bond acceptors (Lipinski definition) is 2. The second kappa shape index (κ2) is 13.8. The number of aromatic nitrogens is 2. The molecule has 0 N–H and O–H groups in total. The molecule has 240 valence electrons. The SMILES string of the molecule is CC/C=C\c1c(C)c2c(c3ccc(-c4cccc(-c5ccccc5-c5cc(-c6ccccc6)nc(-c6ccccc6)n5)c4)cc13)C=CCC=C2. The zero-order chi connectivity index (χ0) is 33.9. The van der Waals surface area contributed by atoms with Gasteiger partial charge in [0.1, 0.15) is 0 Å². The van der Waals surface area contributed by atoms with Crippen LogP contribution in [0.5, 0.6) is 0 Å². The van der Waals surface area contributed by atoms with E-state index in [2.05, 4.69) is 159 Å². The molecule has 8 rings (SSSR count). The summed E-state index contributed by atoms with van der Waals surface area (Å²) < 4.78 is 0. The Bertz CT molecular complexity index is 2370. The Kier molecular flexibility index (Phi) is 8.59. The third-order valence-electron chi connectivity index (χ3n) is 9.60. The van der Waals surface area contributed by atoms with Crippen LogP contribution < -0.4 is 0 Å². The van der Waals surface area contributed by atoms with Crippen LogP contribution in [0.1, 0.15) is 42.0 Å². The van der Waals surface area contributed by atoms with Gasteiger partial charge in [-0.1, -0.05) is 159 Å². The van der Waals surface area contributed by atoms with Gasteiger partial charge >= 0.3 is 0 Å². The smallest absolute Gasteiger partial charge is 0.160 e. The number of hydrogen-bond donors (Lipinski definition) is 0. The highest BCUT2D eigenvalue weighted by atomic mass is 14.9. The molecule has 0 aliphatic heterocycles. The maximum absolute atomic E-state index is 5.16. The van der Waals surface area contributed by atoms with Crippen LogP contribution in [-0.4, -0.2) is 9.97 Å². The normalized spacial score (nSPS) is 12.4. The molecule has 0 atom stereocenters. The molecule has 0 bridgehead atoms. The van der Waals surface area contributed by atoms with Gasteiger partial charge in [-0.3, -0.25) is 0 Å². The van der Waals surface area contributed by atoms with Gasteiger partial charge in [-0.15, -0.1) is 0 Å². The van der Waals surface area contributed by atoms with E-state index in [0.29, 0.717) is 5.82 Å². The lowest BCUT2D eigenvalue weighted by molar-refractivity contribution is 1.18. The molecule has 1 aliphatic rings. The van der Waals surface area contributed by atoms with Crippen LogP contribution in [-0.2, 0) is 0 Å².